The van der Waals surface area contributed by atoms with Gasteiger partial charge in [-0.3, -0.25) is 4.79 Å². The van der Waals surface area contributed by atoms with E-state index in [1.165, 1.54) is 11.8 Å². The molecule has 0 fully saturated rings. The second kappa shape index (κ2) is 6.50. The van der Waals surface area contributed by atoms with Crippen LogP contribution in [0.15, 0.2) is 65.6 Å². The van der Waals surface area contributed by atoms with Crippen LogP contribution < -0.4 is 5.32 Å². The van der Waals surface area contributed by atoms with Crippen LogP contribution in [0.2, 0.25) is 0 Å². The molecular formula is C17H15NO2S. The highest BCUT2D eigenvalue weighted by Crippen LogP contribution is 2.32. The fourth-order valence-corrected chi connectivity index (χ4v) is 2.96. The summed E-state index contributed by atoms with van der Waals surface area (Å²) in [5.74, 6) is 1.33. The smallest absolute Gasteiger partial charge is 0.265 e. The van der Waals surface area contributed by atoms with Gasteiger partial charge in [-0.1, -0.05) is 48.5 Å². The lowest BCUT2D eigenvalue weighted by Crippen LogP contribution is -2.18. The summed E-state index contributed by atoms with van der Waals surface area (Å²) >= 11 is 1.54. The number of amides is 1. The van der Waals surface area contributed by atoms with Gasteiger partial charge in [-0.25, -0.2) is 0 Å². The number of rotatable bonds is 3. The molecule has 1 heterocycles. The normalized spacial score (nSPS) is 14.5. The van der Waals surface area contributed by atoms with Gasteiger partial charge >= 0.3 is 0 Å². The largest absolute Gasteiger partial charge is 0.491 e. The molecule has 1 N–H and O–H groups in total. The number of thioether (sulfide) groups is 1. The molecule has 0 spiro atoms. The maximum absolute atomic E-state index is 12.5. The zero-order valence-electron chi connectivity index (χ0n) is 11.4. The minimum absolute atomic E-state index is 0.121. The summed E-state index contributed by atoms with van der Waals surface area (Å²) in [6.07, 6.45) is 0. The first-order chi connectivity index (χ1) is 10.3. The Morgan fingerprint density at radius 2 is 1.67 bits per heavy atom. The predicted octanol–water partition coefficient (Wildman–Crippen LogP) is 3.76. The second-order valence-corrected chi connectivity index (χ2v) is 5.65. The van der Waals surface area contributed by atoms with Crippen LogP contribution in [0.4, 0.5) is 5.69 Å². The average Bonchev–Trinajstić information content (AvgIpc) is 2.56. The van der Waals surface area contributed by atoms with E-state index in [0.717, 1.165) is 17.0 Å². The van der Waals surface area contributed by atoms with Crippen molar-refractivity contribution in [1.29, 1.82) is 0 Å². The second-order valence-electron chi connectivity index (χ2n) is 4.54. The Hall–Kier alpha value is -2.20. The number of benzene rings is 2. The molecular weight excluding hydrogens is 282 g/mol. The molecule has 3 rings (SSSR count). The van der Waals surface area contributed by atoms with Crippen molar-refractivity contribution in [3.05, 3.63) is 71.1 Å². The molecule has 3 nitrogen and oxygen atoms in total. The van der Waals surface area contributed by atoms with Gasteiger partial charge in [0.05, 0.1) is 6.61 Å². The highest BCUT2D eigenvalue weighted by atomic mass is 32.2. The van der Waals surface area contributed by atoms with E-state index in [-0.39, 0.29) is 5.91 Å². The summed E-state index contributed by atoms with van der Waals surface area (Å²) in [4.78, 5) is 13.1. The Morgan fingerprint density at radius 1 is 1.00 bits per heavy atom. The zero-order chi connectivity index (χ0) is 14.5. The van der Waals surface area contributed by atoms with Gasteiger partial charge in [0.2, 0.25) is 0 Å². The predicted molar refractivity (Wildman–Crippen MR) is 86.8 cm³/mol. The van der Waals surface area contributed by atoms with Crippen LogP contribution in [-0.4, -0.2) is 18.3 Å². The summed E-state index contributed by atoms with van der Waals surface area (Å²) < 4.78 is 5.73. The number of hydrogen-bond acceptors (Lipinski definition) is 3. The summed E-state index contributed by atoms with van der Waals surface area (Å²) in [7, 11) is 0. The van der Waals surface area contributed by atoms with Crippen molar-refractivity contribution in [2.75, 3.05) is 17.7 Å². The van der Waals surface area contributed by atoms with E-state index in [0.29, 0.717) is 17.3 Å². The third kappa shape index (κ3) is 3.28. The Bertz CT molecular complexity index is 653. The van der Waals surface area contributed by atoms with E-state index in [1.807, 2.05) is 60.7 Å². The molecule has 2 aromatic carbocycles. The van der Waals surface area contributed by atoms with Gasteiger partial charge in [-0.05, 0) is 12.1 Å². The molecule has 0 bridgehead atoms. The number of carbonyl (C=O) groups excluding carboxylic acids is 1. The molecule has 0 unspecified atom stereocenters. The summed E-state index contributed by atoms with van der Waals surface area (Å²) in [5.41, 5.74) is 1.72. The van der Waals surface area contributed by atoms with Crippen molar-refractivity contribution in [2.45, 2.75) is 0 Å². The average molecular weight is 297 g/mol. The van der Waals surface area contributed by atoms with Crippen molar-refractivity contribution in [2.24, 2.45) is 0 Å². The highest BCUT2D eigenvalue weighted by Gasteiger charge is 2.22. The number of para-hydroxylation sites is 1. The molecule has 0 aromatic heterocycles. The molecule has 0 radical (unpaired) electrons. The fourth-order valence-electron chi connectivity index (χ4n) is 2.10. The Morgan fingerprint density at radius 3 is 2.38 bits per heavy atom. The van der Waals surface area contributed by atoms with E-state index in [2.05, 4.69) is 5.32 Å². The quantitative estimate of drug-likeness (QED) is 0.937. The third-order valence-corrected chi connectivity index (χ3v) is 4.09. The molecule has 4 heteroatoms. The van der Waals surface area contributed by atoms with Gasteiger partial charge in [0.15, 0.2) is 0 Å². The molecule has 0 atom stereocenters. The third-order valence-electron chi connectivity index (χ3n) is 3.06. The number of anilines is 1. The van der Waals surface area contributed by atoms with E-state index in [1.54, 1.807) is 0 Å². The van der Waals surface area contributed by atoms with Gasteiger partial charge in [-0.2, -0.15) is 0 Å². The lowest BCUT2D eigenvalue weighted by atomic mass is 10.1. The SMILES string of the molecule is O=C(Nc1ccccc1)C1=C(c2ccccc2)OCCS1. The lowest BCUT2D eigenvalue weighted by Gasteiger charge is -2.20. The number of carbonyl (C=O) groups is 1. The van der Waals surface area contributed by atoms with Crippen molar-refractivity contribution < 1.29 is 9.53 Å². The Labute approximate surface area is 128 Å². The maximum Gasteiger partial charge on any atom is 0.265 e. The lowest BCUT2D eigenvalue weighted by molar-refractivity contribution is -0.112. The first-order valence-corrected chi connectivity index (χ1v) is 7.75. The summed E-state index contributed by atoms with van der Waals surface area (Å²) in [6, 6.07) is 19.2. The highest BCUT2D eigenvalue weighted by molar-refractivity contribution is 8.04. The van der Waals surface area contributed by atoms with Gasteiger partial charge < -0.3 is 10.1 Å². The van der Waals surface area contributed by atoms with Gasteiger partial charge in [0.1, 0.15) is 10.7 Å². The molecule has 21 heavy (non-hydrogen) atoms. The van der Waals surface area contributed by atoms with Gasteiger partial charge in [-0.15, -0.1) is 11.8 Å². The molecule has 1 aliphatic rings. The standard InChI is InChI=1S/C17H15NO2S/c19-17(18-14-9-5-2-6-10-14)16-15(20-11-12-21-16)13-7-3-1-4-8-13/h1-10H,11-12H2,(H,18,19). The van der Waals surface area contributed by atoms with E-state index >= 15 is 0 Å². The van der Waals surface area contributed by atoms with Crippen LogP contribution >= 0.6 is 11.8 Å². The molecule has 106 valence electrons. The monoisotopic (exact) mass is 297 g/mol. The van der Waals surface area contributed by atoms with Crippen molar-refractivity contribution in [1.82, 2.24) is 0 Å². The van der Waals surface area contributed by atoms with Crippen LogP contribution in [0.3, 0.4) is 0 Å². The van der Waals surface area contributed by atoms with Crippen LogP contribution in [0.25, 0.3) is 5.76 Å². The molecule has 1 aliphatic heterocycles. The fraction of sp³-hybridized carbons (Fsp3) is 0.118. The van der Waals surface area contributed by atoms with Crippen LogP contribution in [0.5, 0.6) is 0 Å². The van der Waals surface area contributed by atoms with Gasteiger partial charge in [0.25, 0.3) is 5.91 Å². The van der Waals surface area contributed by atoms with Crippen molar-refractivity contribution in [3.63, 3.8) is 0 Å². The van der Waals surface area contributed by atoms with Crippen LogP contribution in [0.1, 0.15) is 5.56 Å². The molecule has 2 aromatic rings. The summed E-state index contributed by atoms with van der Waals surface area (Å²) in [5, 5.41) is 2.91. The van der Waals surface area contributed by atoms with Crippen molar-refractivity contribution in [3.8, 4) is 0 Å². The zero-order valence-corrected chi connectivity index (χ0v) is 12.2. The Balaban J connectivity index is 1.89. The van der Waals surface area contributed by atoms with E-state index in [4.69, 9.17) is 4.74 Å². The topological polar surface area (TPSA) is 38.3 Å². The first kappa shape index (κ1) is 13.8. The van der Waals surface area contributed by atoms with Crippen LogP contribution in [-0.2, 0) is 9.53 Å². The number of hydrogen-bond donors (Lipinski definition) is 1. The van der Waals surface area contributed by atoms with Crippen LogP contribution in [0, 0.1) is 0 Å². The molecule has 1 amide bonds. The maximum atomic E-state index is 12.5. The number of ether oxygens (including phenoxy) is 1. The molecule has 0 aliphatic carbocycles. The van der Waals surface area contributed by atoms with E-state index in [9.17, 15) is 4.79 Å². The van der Waals surface area contributed by atoms with Gasteiger partial charge in [0, 0.05) is 17.0 Å². The summed E-state index contributed by atoms with van der Waals surface area (Å²) in [6.45, 7) is 0.622. The molecule has 0 saturated heterocycles. The minimum Gasteiger partial charge on any atom is -0.491 e. The number of nitrogens with one attached hydrogen (secondary N) is 1. The Kier molecular flexibility index (Phi) is 4.26. The molecule has 0 saturated carbocycles. The first-order valence-electron chi connectivity index (χ1n) is 6.76. The van der Waals surface area contributed by atoms with Crippen molar-refractivity contribution >= 4 is 29.1 Å². The minimum atomic E-state index is -0.121. The van der Waals surface area contributed by atoms with E-state index < -0.39 is 0 Å².